The van der Waals surface area contributed by atoms with Crippen LogP contribution in [0.15, 0.2) is 66.0 Å². The van der Waals surface area contributed by atoms with Gasteiger partial charge in [0.1, 0.15) is 4.60 Å². The van der Waals surface area contributed by atoms with Crippen molar-refractivity contribution >= 4 is 33.6 Å². The summed E-state index contributed by atoms with van der Waals surface area (Å²) in [6.07, 6.45) is 15.9. The second-order valence-electron chi connectivity index (χ2n) is 8.76. The van der Waals surface area contributed by atoms with E-state index < -0.39 is 0 Å². The zero-order valence-electron chi connectivity index (χ0n) is 18.1. The standard InChI is InChI=1S/C20H23ClN4O.C4H3BrN2/c21-16-3-1-14(2-4-16)12-24-19(26)25-18-10-20(11-18)8-15(9-20)7-17-13-22-5-6-23-17;5-4-3-6-1-2-7-4/h1-6,13,15,18H,7-12H2,(H2,24,25,26);1-3H. The minimum Gasteiger partial charge on any atom is -0.335 e. The number of carbonyl (C=O) groups is 1. The Morgan fingerprint density at radius 2 is 1.70 bits per heavy atom. The van der Waals surface area contributed by atoms with Gasteiger partial charge in [0.15, 0.2) is 0 Å². The Kier molecular flexibility index (Phi) is 7.88. The summed E-state index contributed by atoms with van der Waals surface area (Å²) < 4.78 is 0.773. The van der Waals surface area contributed by atoms with E-state index in [0.29, 0.717) is 28.9 Å². The van der Waals surface area contributed by atoms with Crippen molar-refractivity contribution in [1.29, 1.82) is 0 Å². The van der Waals surface area contributed by atoms with E-state index in [1.165, 1.54) is 12.8 Å². The van der Waals surface area contributed by atoms with Crippen LogP contribution in [0, 0.1) is 11.3 Å². The molecule has 2 N–H and O–H groups in total. The Morgan fingerprint density at radius 1 is 1.00 bits per heavy atom. The summed E-state index contributed by atoms with van der Waals surface area (Å²) in [6.45, 7) is 0.515. The summed E-state index contributed by atoms with van der Waals surface area (Å²) in [4.78, 5) is 28.1. The third-order valence-corrected chi connectivity index (χ3v) is 6.81. The Bertz CT molecular complexity index is 1020. The van der Waals surface area contributed by atoms with E-state index in [-0.39, 0.29) is 6.03 Å². The van der Waals surface area contributed by atoms with Gasteiger partial charge in [-0.3, -0.25) is 15.0 Å². The van der Waals surface area contributed by atoms with Crippen LogP contribution in [0.2, 0.25) is 5.02 Å². The van der Waals surface area contributed by atoms with Crippen molar-refractivity contribution in [2.24, 2.45) is 11.3 Å². The number of rotatable bonds is 5. The predicted octanol–water partition coefficient (Wildman–Crippen LogP) is 4.97. The fraction of sp³-hybridized carbons (Fsp3) is 0.375. The summed E-state index contributed by atoms with van der Waals surface area (Å²) in [6, 6.07) is 7.73. The molecule has 0 radical (unpaired) electrons. The van der Waals surface area contributed by atoms with E-state index in [1.54, 1.807) is 31.0 Å². The minimum atomic E-state index is -0.0877. The molecule has 0 saturated heterocycles. The normalized spacial score (nSPS) is 22.8. The van der Waals surface area contributed by atoms with Gasteiger partial charge in [-0.15, -0.1) is 0 Å². The lowest BCUT2D eigenvalue weighted by Crippen LogP contribution is -2.57. The first-order valence-electron chi connectivity index (χ1n) is 10.9. The van der Waals surface area contributed by atoms with E-state index in [4.69, 9.17) is 11.6 Å². The summed E-state index contributed by atoms with van der Waals surface area (Å²) in [5, 5.41) is 6.71. The predicted molar refractivity (Wildman–Crippen MR) is 130 cm³/mol. The lowest BCUT2D eigenvalue weighted by atomic mass is 9.49. The van der Waals surface area contributed by atoms with Crippen molar-refractivity contribution in [3.63, 3.8) is 0 Å². The summed E-state index contributed by atoms with van der Waals surface area (Å²) in [5.41, 5.74) is 2.59. The van der Waals surface area contributed by atoms with Crippen LogP contribution in [0.1, 0.15) is 36.9 Å². The maximum atomic E-state index is 12.0. The molecular weight excluding hydrogens is 504 g/mol. The van der Waals surface area contributed by atoms with Crippen LogP contribution in [0.4, 0.5) is 4.79 Å². The lowest BCUT2D eigenvalue weighted by molar-refractivity contribution is -0.0457. The number of amides is 2. The van der Waals surface area contributed by atoms with Crippen LogP contribution in [0.25, 0.3) is 0 Å². The third-order valence-electron chi connectivity index (χ3n) is 6.15. The van der Waals surface area contributed by atoms with Gasteiger partial charge in [-0.05, 0) is 77.1 Å². The minimum absolute atomic E-state index is 0.0877. The van der Waals surface area contributed by atoms with E-state index in [1.807, 2.05) is 30.5 Å². The number of benzene rings is 1. The molecule has 7 nitrogen and oxygen atoms in total. The summed E-state index contributed by atoms with van der Waals surface area (Å²) >= 11 is 9.00. The Morgan fingerprint density at radius 3 is 2.27 bits per heavy atom. The van der Waals surface area contributed by atoms with Gasteiger partial charge < -0.3 is 10.6 Å². The van der Waals surface area contributed by atoms with Crippen LogP contribution < -0.4 is 10.6 Å². The highest BCUT2D eigenvalue weighted by atomic mass is 79.9. The molecule has 2 fully saturated rings. The number of nitrogens with zero attached hydrogens (tertiary/aromatic N) is 4. The third kappa shape index (κ3) is 6.95. The average molecular weight is 530 g/mol. The number of hydrogen-bond donors (Lipinski definition) is 2. The molecule has 2 aliphatic rings. The lowest BCUT2D eigenvalue weighted by Gasteiger charge is -2.58. The first kappa shape index (κ1) is 23.6. The number of hydrogen-bond acceptors (Lipinski definition) is 5. The van der Waals surface area contributed by atoms with Crippen LogP contribution >= 0.6 is 27.5 Å². The van der Waals surface area contributed by atoms with E-state index >= 15 is 0 Å². The average Bonchev–Trinajstić information content (AvgIpc) is 2.77. The molecule has 2 aliphatic carbocycles. The van der Waals surface area contributed by atoms with Gasteiger partial charge in [0.05, 0.1) is 11.9 Å². The van der Waals surface area contributed by atoms with E-state index in [0.717, 1.165) is 35.1 Å². The highest BCUT2D eigenvalue weighted by Crippen LogP contribution is 2.59. The molecule has 9 heteroatoms. The van der Waals surface area contributed by atoms with Crippen molar-refractivity contribution < 1.29 is 4.79 Å². The maximum Gasteiger partial charge on any atom is 0.315 e. The Balaban J connectivity index is 0.000000318. The quantitative estimate of drug-likeness (QED) is 0.487. The maximum absolute atomic E-state index is 12.0. The van der Waals surface area contributed by atoms with Crippen molar-refractivity contribution in [2.75, 3.05) is 0 Å². The molecule has 5 rings (SSSR count). The van der Waals surface area contributed by atoms with Gasteiger partial charge in [0, 0.05) is 48.6 Å². The fourth-order valence-corrected chi connectivity index (χ4v) is 5.13. The molecule has 2 aromatic heterocycles. The molecule has 1 spiro atoms. The first-order valence-corrected chi connectivity index (χ1v) is 12.1. The molecule has 2 saturated carbocycles. The zero-order valence-corrected chi connectivity index (χ0v) is 20.5. The molecule has 2 heterocycles. The fourth-order valence-electron chi connectivity index (χ4n) is 4.76. The molecule has 0 bridgehead atoms. The molecule has 1 aromatic carbocycles. The number of urea groups is 1. The van der Waals surface area contributed by atoms with Crippen LogP contribution in [0.3, 0.4) is 0 Å². The molecule has 3 aromatic rings. The summed E-state index contributed by atoms with van der Waals surface area (Å²) in [7, 11) is 0. The topological polar surface area (TPSA) is 92.7 Å². The number of nitrogens with one attached hydrogen (secondary N) is 2. The highest BCUT2D eigenvalue weighted by Gasteiger charge is 2.52. The second-order valence-corrected chi connectivity index (χ2v) is 10.0. The monoisotopic (exact) mass is 528 g/mol. The SMILES string of the molecule is Brc1cnccn1.O=C(NCc1ccc(Cl)cc1)NC1CC2(CC(Cc3cnccn3)C2)C1. The van der Waals surface area contributed by atoms with Crippen LogP contribution in [0.5, 0.6) is 0 Å². The van der Waals surface area contributed by atoms with Crippen molar-refractivity contribution in [2.45, 2.75) is 44.7 Å². The van der Waals surface area contributed by atoms with Crippen molar-refractivity contribution in [3.8, 4) is 0 Å². The van der Waals surface area contributed by atoms with E-state index in [9.17, 15) is 4.79 Å². The van der Waals surface area contributed by atoms with Gasteiger partial charge in [-0.2, -0.15) is 0 Å². The van der Waals surface area contributed by atoms with Crippen LogP contribution in [-0.4, -0.2) is 32.0 Å². The molecule has 172 valence electrons. The summed E-state index contributed by atoms with van der Waals surface area (Å²) in [5.74, 6) is 0.714. The van der Waals surface area contributed by atoms with Gasteiger partial charge in [0.2, 0.25) is 0 Å². The number of aromatic nitrogens is 4. The van der Waals surface area contributed by atoms with Gasteiger partial charge >= 0.3 is 6.03 Å². The molecule has 2 amide bonds. The molecule has 0 atom stereocenters. The highest BCUT2D eigenvalue weighted by molar-refractivity contribution is 9.10. The molecule has 0 aliphatic heterocycles. The smallest absolute Gasteiger partial charge is 0.315 e. The Labute approximate surface area is 206 Å². The van der Waals surface area contributed by atoms with Gasteiger partial charge in [-0.25, -0.2) is 9.78 Å². The van der Waals surface area contributed by atoms with E-state index in [2.05, 4.69) is 46.5 Å². The van der Waals surface area contributed by atoms with Crippen molar-refractivity contribution in [3.05, 3.63) is 82.3 Å². The Hall–Kier alpha value is -2.58. The largest absolute Gasteiger partial charge is 0.335 e. The first-order chi connectivity index (χ1) is 16.0. The zero-order chi connectivity index (χ0) is 23.1. The molecular formula is C24H26BrClN6O. The van der Waals surface area contributed by atoms with Crippen LogP contribution in [-0.2, 0) is 13.0 Å². The second kappa shape index (κ2) is 11.0. The van der Waals surface area contributed by atoms with Gasteiger partial charge in [-0.1, -0.05) is 23.7 Å². The van der Waals surface area contributed by atoms with Gasteiger partial charge in [0.25, 0.3) is 0 Å². The number of carbonyl (C=O) groups excluding carboxylic acids is 1. The molecule has 0 unspecified atom stereocenters. The molecule has 33 heavy (non-hydrogen) atoms. The van der Waals surface area contributed by atoms with Crippen molar-refractivity contribution in [1.82, 2.24) is 30.6 Å². The number of halogens is 2.